The Hall–Kier alpha value is -2.08. The summed E-state index contributed by atoms with van der Waals surface area (Å²) in [5.41, 5.74) is 0.737. The van der Waals surface area contributed by atoms with Crippen molar-refractivity contribution in [1.82, 2.24) is 15.1 Å². The Morgan fingerprint density at radius 2 is 1.89 bits per heavy atom. The Morgan fingerprint density at radius 3 is 2.59 bits per heavy atom. The number of carbonyl (C=O) groups excluding carboxylic acids is 2. The van der Waals surface area contributed by atoms with E-state index in [2.05, 4.69) is 34.5 Å². The summed E-state index contributed by atoms with van der Waals surface area (Å²) in [5.74, 6) is -0.0510. The zero-order chi connectivity index (χ0) is 19.4. The van der Waals surface area contributed by atoms with Gasteiger partial charge in [-0.2, -0.15) is 0 Å². The predicted octanol–water partition coefficient (Wildman–Crippen LogP) is 2.78. The van der Waals surface area contributed by atoms with Gasteiger partial charge in [0, 0.05) is 32.2 Å². The Labute approximate surface area is 161 Å². The van der Waals surface area contributed by atoms with Gasteiger partial charge in [0.05, 0.1) is 0 Å². The summed E-state index contributed by atoms with van der Waals surface area (Å²) in [6, 6.07) is 10.1. The van der Waals surface area contributed by atoms with Crippen LogP contribution in [-0.2, 0) is 16.1 Å². The third kappa shape index (κ3) is 5.45. The normalized spacial score (nSPS) is 23.4. The van der Waals surface area contributed by atoms with Crippen LogP contribution in [-0.4, -0.2) is 59.1 Å². The van der Waals surface area contributed by atoms with E-state index >= 15 is 0 Å². The molecule has 3 rings (SSSR count). The van der Waals surface area contributed by atoms with E-state index in [9.17, 15) is 9.59 Å². The van der Waals surface area contributed by atoms with Crippen LogP contribution in [0, 0.1) is 0 Å². The molecule has 0 aromatic heterocycles. The third-order valence-corrected chi connectivity index (χ3v) is 5.05. The summed E-state index contributed by atoms with van der Waals surface area (Å²) in [6.45, 7) is 8.83. The van der Waals surface area contributed by atoms with Gasteiger partial charge >= 0.3 is 6.09 Å². The standard InChI is InChI=1S/C21H31N3O3/c1-21(2,3)27-20(26)24-12-7-10-18(24)19(25)22-17-11-13-23(15-17)14-16-8-5-4-6-9-16/h4-6,8-9,17-18H,7,10-15H2,1-3H3,(H,22,25). The average molecular weight is 373 g/mol. The van der Waals surface area contributed by atoms with E-state index in [4.69, 9.17) is 4.74 Å². The Kier molecular flexibility index (Phi) is 6.05. The maximum Gasteiger partial charge on any atom is 0.410 e. The first-order chi connectivity index (χ1) is 12.8. The van der Waals surface area contributed by atoms with Crippen LogP contribution in [0.1, 0.15) is 45.6 Å². The average Bonchev–Trinajstić information content (AvgIpc) is 3.23. The highest BCUT2D eigenvalue weighted by molar-refractivity contribution is 5.86. The van der Waals surface area contributed by atoms with E-state index in [0.717, 1.165) is 32.5 Å². The molecule has 148 valence electrons. The quantitative estimate of drug-likeness (QED) is 0.882. The fourth-order valence-electron chi connectivity index (χ4n) is 3.81. The van der Waals surface area contributed by atoms with Crippen molar-refractivity contribution < 1.29 is 14.3 Å². The van der Waals surface area contributed by atoms with Crippen molar-refractivity contribution in [3.05, 3.63) is 35.9 Å². The Morgan fingerprint density at radius 1 is 1.15 bits per heavy atom. The topological polar surface area (TPSA) is 61.9 Å². The second kappa shape index (κ2) is 8.30. The molecule has 1 aromatic rings. The highest BCUT2D eigenvalue weighted by atomic mass is 16.6. The monoisotopic (exact) mass is 373 g/mol. The molecule has 2 saturated heterocycles. The molecule has 2 unspecified atom stereocenters. The number of carbonyl (C=O) groups is 2. The molecule has 2 aliphatic heterocycles. The van der Waals surface area contributed by atoms with E-state index in [1.165, 1.54) is 5.56 Å². The van der Waals surface area contributed by atoms with Crippen molar-refractivity contribution >= 4 is 12.0 Å². The number of nitrogens with zero attached hydrogens (tertiary/aromatic N) is 2. The van der Waals surface area contributed by atoms with Gasteiger partial charge in [-0.1, -0.05) is 30.3 Å². The smallest absolute Gasteiger partial charge is 0.410 e. The van der Waals surface area contributed by atoms with Gasteiger partial charge in [0.25, 0.3) is 0 Å². The molecule has 0 spiro atoms. The molecule has 0 bridgehead atoms. The number of hydrogen-bond donors (Lipinski definition) is 1. The van der Waals surface area contributed by atoms with Crippen LogP contribution in [0.2, 0.25) is 0 Å². The van der Waals surface area contributed by atoms with Crippen LogP contribution in [0.25, 0.3) is 0 Å². The van der Waals surface area contributed by atoms with Crippen LogP contribution < -0.4 is 5.32 Å². The fourth-order valence-corrected chi connectivity index (χ4v) is 3.81. The minimum absolute atomic E-state index is 0.0510. The number of nitrogens with one attached hydrogen (secondary N) is 1. The lowest BCUT2D eigenvalue weighted by atomic mass is 10.1. The van der Waals surface area contributed by atoms with Crippen LogP contribution in [0.4, 0.5) is 4.79 Å². The molecule has 2 aliphatic rings. The minimum Gasteiger partial charge on any atom is -0.444 e. The first-order valence-electron chi connectivity index (χ1n) is 9.88. The molecule has 0 saturated carbocycles. The van der Waals surface area contributed by atoms with Gasteiger partial charge in [0.15, 0.2) is 0 Å². The van der Waals surface area contributed by atoms with Crippen LogP contribution in [0.5, 0.6) is 0 Å². The summed E-state index contributed by atoms with van der Waals surface area (Å²) in [4.78, 5) is 29.1. The molecule has 2 atom stereocenters. The number of hydrogen-bond acceptors (Lipinski definition) is 4. The molecule has 6 nitrogen and oxygen atoms in total. The first-order valence-corrected chi connectivity index (χ1v) is 9.88. The minimum atomic E-state index is -0.551. The van der Waals surface area contributed by atoms with Gasteiger partial charge in [-0.05, 0) is 45.6 Å². The number of amides is 2. The number of ether oxygens (including phenoxy) is 1. The first kappa shape index (κ1) is 19.7. The van der Waals surface area contributed by atoms with E-state index in [1.54, 1.807) is 4.90 Å². The molecular formula is C21H31N3O3. The maximum atomic E-state index is 12.8. The highest BCUT2D eigenvalue weighted by Crippen LogP contribution is 2.22. The lowest BCUT2D eigenvalue weighted by Crippen LogP contribution is -2.50. The summed E-state index contributed by atoms with van der Waals surface area (Å²) in [7, 11) is 0. The van der Waals surface area contributed by atoms with Crippen molar-refractivity contribution in [3.63, 3.8) is 0 Å². The van der Waals surface area contributed by atoms with Gasteiger partial charge in [-0.25, -0.2) is 4.79 Å². The van der Waals surface area contributed by atoms with Gasteiger partial charge < -0.3 is 10.1 Å². The van der Waals surface area contributed by atoms with Crippen molar-refractivity contribution in [2.24, 2.45) is 0 Å². The van der Waals surface area contributed by atoms with E-state index in [1.807, 2.05) is 26.8 Å². The molecule has 2 fully saturated rings. The zero-order valence-corrected chi connectivity index (χ0v) is 16.6. The SMILES string of the molecule is CC(C)(C)OC(=O)N1CCCC1C(=O)NC1CCN(Cc2ccccc2)C1. The van der Waals surface area contributed by atoms with Crippen molar-refractivity contribution in [3.8, 4) is 0 Å². The Balaban J connectivity index is 1.50. The number of likely N-dealkylation sites (tertiary alicyclic amines) is 2. The molecule has 27 heavy (non-hydrogen) atoms. The van der Waals surface area contributed by atoms with Crippen LogP contribution >= 0.6 is 0 Å². The van der Waals surface area contributed by atoms with Gasteiger partial charge in [-0.15, -0.1) is 0 Å². The molecule has 2 heterocycles. The molecule has 2 amide bonds. The second-order valence-corrected chi connectivity index (χ2v) is 8.55. The predicted molar refractivity (Wildman–Crippen MR) is 104 cm³/mol. The third-order valence-electron chi connectivity index (χ3n) is 5.05. The second-order valence-electron chi connectivity index (χ2n) is 8.55. The summed E-state index contributed by atoms with van der Waals surface area (Å²) in [6.07, 6.45) is 2.09. The molecule has 0 radical (unpaired) electrons. The molecule has 1 aromatic carbocycles. The van der Waals surface area contributed by atoms with Crippen LogP contribution in [0.3, 0.4) is 0 Å². The summed E-state index contributed by atoms with van der Waals surface area (Å²) < 4.78 is 5.45. The lowest BCUT2D eigenvalue weighted by Gasteiger charge is -2.28. The lowest BCUT2D eigenvalue weighted by molar-refractivity contribution is -0.126. The molecule has 0 aliphatic carbocycles. The van der Waals surface area contributed by atoms with Crippen molar-refractivity contribution in [2.75, 3.05) is 19.6 Å². The summed E-state index contributed by atoms with van der Waals surface area (Å²) in [5, 5.41) is 3.15. The van der Waals surface area contributed by atoms with Gasteiger partial charge in [-0.3, -0.25) is 14.6 Å². The van der Waals surface area contributed by atoms with Crippen molar-refractivity contribution in [1.29, 1.82) is 0 Å². The highest BCUT2D eigenvalue weighted by Gasteiger charge is 2.37. The van der Waals surface area contributed by atoms with E-state index < -0.39 is 17.7 Å². The van der Waals surface area contributed by atoms with Crippen molar-refractivity contribution in [2.45, 2.75) is 64.3 Å². The number of benzene rings is 1. The van der Waals surface area contributed by atoms with Gasteiger partial charge in [0.1, 0.15) is 11.6 Å². The maximum absolute atomic E-state index is 12.8. The van der Waals surface area contributed by atoms with E-state index in [-0.39, 0.29) is 11.9 Å². The Bertz CT molecular complexity index is 656. The van der Waals surface area contributed by atoms with Gasteiger partial charge in [0.2, 0.25) is 5.91 Å². The molecular weight excluding hydrogens is 342 g/mol. The largest absolute Gasteiger partial charge is 0.444 e. The van der Waals surface area contributed by atoms with Crippen LogP contribution in [0.15, 0.2) is 30.3 Å². The number of rotatable bonds is 4. The fraction of sp³-hybridized carbons (Fsp3) is 0.619. The summed E-state index contributed by atoms with van der Waals surface area (Å²) >= 11 is 0. The molecule has 6 heteroatoms. The zero-order valence-electron chi connectivity index (χ0n) is 16.6. The van der Waals surface area contributed by atoms with E-state index in [0.29, 0.717) is 13.0 Å². The molecule has 1 N–H and O–H groups in total.